The summed E-state index contributed by atoms with van der Waals surface area (Å²) >= 11 is 1.16. The van der Waals surface area contributed by atoms with Crippen molar-refractivity contribution in [1.29, 1.82) is 0 Å². The number of amides is 1. The molecular formula is C33H27N3O5S. The zero-order chi connectivity index (χ0) is 29.5. The van der Waals surface area contributed by atoms with Gasteiger partial charge in [-0.05, 0) is 60.2 Å². The Morgan fingerprint density at radius 1 is 0.881 bits per heavy atom. The first-order chi connectivity index (χ1) is 20.5. The topological polar surface area (TPSA) is 99.5 Å². The van der Waals surface area contributed by atoms with Crippen molar-refractivity contribution in [3.05, 3.63) is 125 Å². The van der Waals surface area contributed by atoms with Crippen molar-refractivity contribution < 1.29 is 19.1 Å². The lowest BCUT2D eigenvalue weighted by atomic mass is 10.1. The number of carbonyl (C=O) groups is 2. The number of thioether (sulfide) groups is 1. The van der Waals surface area contributed by atoms with E-state index in [1.807, 2.05) is 42.5 Å². The second-order valence-corrected chi connectivity index (χ2v) is 10.1. The van der Waals surface area contributed by atoms with E-state index in [0.29, 0.717) is 44.5 Å². The number of rotatable bonds is 10. The average Bonchev–Trinajstić information content (AvgIpc) is 3.03. The molecule has 0 radical (unpaired) electrons. The van der Waals surface area contributed by atoms with Gasteiger partial charge in [0.25, 0.3) is 5.56 Å². The van der Waals surface area contributed by atoms with Crippen LogP contribution in [0.3, 0.4) is 0 Å². The number of ether oxygens (including phenoxy) is 2. The summed E-state index contributed by atoms with van der Waals surface area (Å²) in [5, 5.41) is 3.74. The van der Waals surface area contributed by atoms with Gasteiger partial charge in [0, 0.05) is 11.3 Å². The van der Waals surface area contributed by atoms with Crippen molar-refractivity contribution in [2.45, 2.75) is 5.16 Å². The molecule has 0 aliphatic carbocycles. The first-order valence-electron chi connectivity index (χ1n) is 13.0. The summed E-state index contributed by atoms with van der Waals surface area (Å²) in [6.45, 7) is 0. The number of aromatic nitrogens is 2. The van der Waals surface area contributed by atoms with E-state index in [0.717, 1.165) is 17.3 Å². The van der Waals surface area contributed by atoms with Crippen molar-refractivity contribution in [3.63, 3.8) is 0 Å². The Labute approximate surface area is 246 Å². The van der Waals surface area contributed by atoms with Crippen molar-refractivity contribution in [3.8, 4) is 17.2 Å². The molecule has 5 aromatic rings. The number of para-hydroxylation sites is 2. The van der Waals surface area contributed by atoms with Gasteiger partial charge in [-0.3, -0.25) is 19.0 Å². The predicted octanol–water partition coefficient (Wildman–Crippen LogP) is 6.03. The van der Waals surface area contributed by atoms with Gasteiger partial charge >= 0.3 is 0 Å². The molecule has 1 heterocycles. The number of anilines is 1. The second-order valence-electron chi connectivity index (χ2n) is 9.12. The van der Waals surface area contributed by atoms with Gasteiger partial charge in [0.05, 0.1) is 36.6 Å². The molecular weight excluding hydrogens is 550 g/mol. The Morgan fingerprint density at radius 2 is 1.64 bits per heavy atom. The highest BCUT2D eigenvalue weighted by Gasteiger charge is 2.15. The largest absolute Gasteiger partial charge is 0.493 e. The normalized spacial score (nSPS) is 11.0. The molecule has 0 fully saturated rings. The van der Waals surface area contributed by atoms with E-state index in [4.69, 9.17) is 9.47 Å². The van der Waals surface area contributed by atoms with Crippen LogP contribution in [0.4, 0.5) is 5.69 Å². The third-order valence-corrected chi connectivity index (χ3v) is 7.30. The minimum Gasteiger partial charge on any atom is -0.493 e. The Bertz CT molecular complexity index is 1850. The monoisotopic (exact) mass is 577 g/mol. The van der Waals surface area contributed by atoms with E-state index in [2.05, 4.69) is 10.3 Å². The van der Waals surface area contributed by atoms with Crippen LogP contribution in [0, 0.1) is 0 Å². The maximum absolute atomic E-state index is 13.4. The smallest absolute Gasteiger partial charge is 0.266 e. The highest BCUT2D eigenvalue weighted by Crippen LogP contribution is 2.28. The van der Waals surface area contributed by atoms with E-state index in [9.17, 15) is 14.4 Å². The van der Waals surface area contributed by atoms with E-state index in [1.165, 1.54) is 10.6 Å². The lowest BCUT2D eigenvalue weighted by Crippen LogP contribution is -2.23. The molecule has 0 saturated heterocycles. The molecule has 0 spiro atoms. The van der Waals surface area contributed by atoms with Crippen molar-refractivity contribution >= 4 is 46.1 Å². The first kappa shape index (κ1) is 28.4. The minimum absolute atomic E-state index is 0.00892. The molecule has 0 unspecified atom stereocenters. The van der Waals surface area contributed by atoms with Gasteiger partial charge in [-0.1, -0.05) is 66.4 Å². The number of benzene rings is 4. The van der Waals surface area contributed by atoms with Gasteiger partial charge < -0.3 is 14.8 Å². The molecule has 1 aromatic heterocycles. The molecule has 0 atom stereocenters. The third kappa shape index (κ3) is 6.42. The summed E-state index contributed by atoms with van der Waals surface area (Å²) < 4.78 is 12.1. The molecule has 0 saturated carbocycles. The van der Waals surface area contributed by atoms with Crippen LogP contribution in [0.5, 0.6) is 11.5 Å². The Kier molecular flexibility index (Phi) is 8.79. The molecule has 1 amide bonds. The Balaban J connectivity index is 1.29. The quantitative estimate of drug-likeness (QED) is 0.0937. The molecule has 0 aliphatic rings. The number of methoxy groups -OCH3 is 2. The minimum atomic E-state index is -0.299. The fourth-order valence-electron chi connectivity index (χ4n) is 4.32. The van der Waals surface area contributed by atoms with Gasteiger partial charge in [0.2, 0.25) is 5.91 Å². The highest BCUT2D eigenvalue weighted by molar-refractivity contribution is 7.99. The van der Waals surface area contributed by atoms with Crippen molar-refractivity contribution in [1.82, 2.24) is 9.55 Å². The highest BCUT2D eigenvalue weighted by atomic mass is 32.2. The predicted molar refractivity (Wildman–Crippen MR) is 166 cm³/mol. The summed E-state index contributed by atoms with van der Waals surface area (Å²) in [4.78, 5) is 43.8. The van der Waals surface area contributed by atoms with Gasteiger partial charge in [-0.2, -0.15) is 0 Å². The van der Waals surface area contributed by atoms with Gasteiger partial charge in [0.1, 0.15) is 0 Å². The number of fused-ring (bicyclic) bond motifs is 1. The van der Waals surface area contributed by atoms with Crippen LogP contribution in [-0.4, -0.2) is 41.2 Å². The van der Waals surface area contributed by atoms with Gasteiger partial charge in [-0.15, -0.1) is 0 Å². The van der Waals surface area contributed by atoms with E-state index >= 15 is 0 Å². The lowest BCUT2D eigenvalue weighted by Gasteiger charge is -2.13. The van der Waals surface area contributed by atoms with Crippen LogP contribution >= 0.6 is 11.8 Å². The molecule has 1 N–H and O–H groups in total. The maximum Gasteiger partial charge on any atom is 0.266 e. The molecule has 9 heteroatoms. The summed E-state index contributed by atoms with van der Waals surface area (Å²) in [6, 6.07) is 28.4. The Morgan fingerprint density at radius 3 is 2.43 bits per heavy atom. The van der Waals surface area contributed by atoms with Crippen LogP contribution in [0.2, 0.25) is 0 Å². The number of carbonyl (C=O) groups excluding carboxylic acids is 2. The third-order valence-electron chi connectivity index (χ3n) is 6.36. The Hall–Kier alpha value is -5.15. The van der Waals surface area contributed by atoms with E-state index < -0.39 is 0 Å². The SMILES string of the molecule is COc1ccc(/C=C/C(=O)c2cccc(NC(=O)CSc3nc4ccccc4c(=O)n3-c3ccccc3)c2)cc1OC. The summed E-state index contributed by atoms with van der Waals surface area (Å²) in [5.41, 5.74) is 2.70. The number of hydrogen-bond donors (Lipinski definition) is 1. The second kappa shape index (κ2) is 13.0. The van der Waals surface area contributed by atoms with Crippen LogP contribution in [0.1, 0.15) is 15.9 Å². The number of nitrogens with zero attached hydrogens (tertiary/aromatic N) is 2. The van der Waals surface area contributed by atoms with Crippen LogP contribution in [0.25, 0.3) is 22.7 Å². The van der Waals surface area contributed by atoms with Crippen LogP contribution < -0.4 is 20.3 Å². The maximum atomic E-state index is 13.4. The standard InChI is InChI=1S/C33H27N3O5S/c1-40-29-18-16-22(19-30(29)41-2)15-17-28(37)23-9-8-10-24(20-23)34-31(38)21-42-33-35-27-14-7-6-13-26(27)32(39)36(33)25-11-4-3-5-12-25/h3-20H,21H2,1-2H3,(H,34,38)/b17-15+. The fourth-order valence-corrected chi connectivity index (χ4v) is 5.13. The fraction of sp³-hybridized carbons (Fsp3) is 0.0909. The average molecular weight is 578 g/mol. The summed E-state index contributed by atoms with van der Waals surface area (Å²) in [6.07, 6.45) is 3.15. The van der Waals surface area contributed by atoms with Gasteiger partial charge in [0.15, 0.2) is 22.4 Å². The summed E-state index contributed by atoms with van der Waals surface area (Å²) in [5.74, 6) is 0.654. The van der Waals surface area contributed by atoms with Crippen LogP contribution in [0.15, 0.2) is 113 Å². The number of hydrogen-bond acceptors (Lipinski definition) is 7. The molecule has 0 aliphatic heterocycles. The van der Waals surface area contributed by atoms with Crippen LogP contribution in [-0.2, 0) is 4.79 Å². The zero-order valence-electron chi connectivity index (χ0n) is 22.9. The summed E-state index contributed by atoms with van der Waals surface area (Å²) in [7, 11) is 3.11. The molecule has 5 rings (SSSR count). The molecule has 4 aromatic carbocycles. The van der Waals surface area contributed by atoms with Gasteiger partial charge in [-0.25, -0.2) is 4.98 Å². The van der Waals surface area contributed by atoms with E-state index in [-0.39, 0.29) is 23.0 Å². The lowest BCUT2D eigenvalue weighted by molar-refractivity contribution is -0.113. The zero-order valence-corrected chi connectivity index (χ0v) is 23.8. The molecule has 0 bridgehead atoms. The number of allylic oxidation sites excluding steroid dienone is 1. The molecule has 42 heavy (non-hydrogen) atoms. The van der Waals surface area contributed by atoms with Crippen molar-refractivity contribution in [2.24, 2.45) is 0 Å². The number of nitrogens with one attached hydrogen (secondary N) is 1. The molecule has 210 valence electrons. The van der Waals surface area contributed by atoms with Crippen molar-refractivity contribution in [2.75, 3.05) is 25.3 Å². The van der Waals surface area contributed by atoms with E-state index in [1.54, 1.807) is 74.9 Å². The number of ketones is 1. The first-order valence-corrected chi connectivity index (χ1v) is 14.0. The molecule has 8 nitrogen and oxygen atoms in total.